The van der Waals surface area contributed by atoms with Crippen LogP contribution < -0.4 is 5.32 Å². The highest BCUT2D eigenvalue weighted by molar-refractivity contribution is 8.13. The van der Waals surface area contributed by atoms with Crippen LogP contribution in [0.25, 0.3) is 0 Å². The monoisotopic (exact) mass is 247 g/mol. The Morgan fingerprint density at radius 3 is 2.82 bits per heavy atom. The van der Waals surface area contributed by atoms with E-state index in [0.29, 0.717) is 5.17 Å². The molecule has 1 heterocycles. The molecule has 0 aromatic heterocycles. The highest BCUT2D eigenvalue weighted by Crippen LogP contribution is 2.16. The summed E-state index contributed by atoms with van der Waals surface area (Å²) in [4.78, 5) is 16.8. The predicted molar refractivity (Wildman–Crippen MR) is 71.8 cm³/mol. The molecule has 0 fully saturated rings. The van der Waals surface area contributed by atoms with Crippen LogP contribution in [0.15, 0.2) is 47.6 Å². The van der Waals surface area contributed by atoms with Crippen molar-refractivity contribution in [3.63, 3.8) is 0 Å². The second-order valence-electron chi connectivity index (χ2n) is 3.43. The third-order valence-electron chi connectivity index (χ3n) is 2.36. The molecule has 17 heavy (non-hydrogen) atoms. The summed E-state index contributed by atoms with van der Waals surface area (Å²) in [5, 5.41) is 3.95. The Labute approximate surface area is 104 Å². The molecule has 1 aromatic rings. The molecule has 0 saturated carbocycles. The average molecular weight is 247 g/mol. The van der Waals surface area contributed by atoms with Crippen LogP contribution in [0.3, 0.4) is 0 Å². The first-order chi connectivity index (χ1) is 8.35. The molecule has 1 aliphatic heterocycles. The number of amidine groups is 1. The van der Waals surface area contributed by atoms with Gasteiger partial charge in [-0.05, 0) is 24.5 Å². The molecule has 0 radical (unpaired) electrons. The van der Waals surface area contributed by atoms with Crippen LogP contribution in [0.5, 0.6) is 0 Å². The van der Waals surface area contributed by atoms with Crippen molar-refractivity contribution < 1.29 is 4.79 Å². The molecule has 0 saturated heterocycles. The summed E-state index contributed by atoms with van der Waals surface area (Å²) in [6, 6.07) is 9.77. The van der Waals surface area contributed by atoms with Gasteiger partial charge in [-0.3, -0.25) is 9.69 Å². The van der Waals surface area contributed by atoms with Crippen molar-refractivity contribution in [3.05, 3.63) is 42.6 Å². The van der Waals surface area contributed by atoms with Gasteiger partial charge < -0.3 is 5.32 Å². The van der Waals surface area contributed by atoms with Gasteiger partial charge in [0.1, 0.15) is 6.17 Å². The van der Waals surface area contributed by atoms with Crippen LogP contribution in [0.1, 0.15) is 0 Å². The zero-order valence-corrected chi connectivity index (χ0v) is 10.2. The Balaban J connectivity index is 2.14. The van der Waals surface area contributed by atoms with Gasteiger partial charge in [0.05, 0.1) is 0 Å². The summed E-state index contributed by atoms with van der Waals surface area (Å²) in [6.45, 7) is 0. The van der Waals surface area contributed by atoms with E-state index in [-0.39, 0.29) is 6.17 Å². The van der Waals surface area contributed by atoms with E-state index in [0.717, 1.165) is 12.1 Å². The number of aliphatic imine (C=N–C) groups is 1. The fourth-order valence-corrected chi connectivity index (χ4v) is 2.09. The van der Waals surface area contributed by atoms with Gasteiger partial charge in [0, 0.05) is 11.9 Å². The summed E-state index contributed by atoms with van der Waals surface area (Å²) < 4.78 is 0. The number of hydrogen-bond acceptors (Lipinski definition) is 4. The van der Waals surface area contributed by atoms with Crippen molar-refractivity contribution in [2.24, 2.45) is 4.99 Å². The molecule has 1 N–H and O–H groups in total. The van der Waals surface area contributed by atoms with Crippen LogP contribution in [-0.2, 0) is 4.79 Å². The smallest absolute Gasteiger partial charge is 0.217 e. The molecule has 0 bridgehead atoms. The van der Waals surface area contributed by atoms with Crippen LogP contribution >= 0.6 is 11.8 Å². The number of carbonyl (C=O) groups excluding carboxylic acids is 1. The standard InChI is InChI=1S/C12H13N3OS/c1-17-12-13-8-7-11(15(12)9-16)14-10-5-3-2-4-6-10/h2-9,11,14H,1H3. The van der Waals surface area contributed by atoms with Gasteiger partial charge in [-0.1, -0.05) is 30.0 Å². The third-order valence-corrected chi connectivity index (χ3v) is 3.04. The minimum atomic E-state index is -0.185. The number of benzene rings is 1. The molecule has 1 amide bonds. The average Bonchev–Trinajstić information content (AvgIpc) is 2.39. The van der Waals surface area contributed by atoms with Crippen molar-refractivity contribution in [1.29, 1.82) is 0 Å². The van der Waals surface area contributed by atoms with Crippen molar-refractivity contribution in [2.45, 2.75) is 6.17 Å². The van der Waals surface area contributed by atoms with Crippen LogP contribution in [0.4, 0.5) is 5.69 Å². The van der Waals surface area contributed by atoms with Gasteiger partial charge in [-0.25, -0.2) is 4.99 Å². The number of amides is 1. The van der Waals surface area contributed by atoms with Gasteiger partial charge in [0.2, 0.25) is 6.41 Å². The minimum absolute atomic E-state index is 0.185. The number of rotatable bonds is 3. The molecule has 0 aliphatic carbocycles. The molecule has 5 heteroatoms. The normalized spacial score (nSPS) is 18.8. The van der Waals surface area contributed by atoms with E-state index >= 15 is 0 Å². The SMILES string of the molecule is CSC1=NC=CC(Nc2ccccc2)N1C=O. The number of nitrogens with zero attached hydrogens (tertiary/aromatic N) is 2. The molecule has 1 aliphatic rings. The van der Waals surface area contributed by atoms with Crippen LogP contribution in [-0.4, -0.2) is 28.9 Å². The van der Waals surface area contributed by atoms with Gasteiger partial charge >= 0.3 is 0 Å². The predicted octanol–water partition coefficient (Wildman–Crippen LogP) is 2.13. The number of carbonyl (C=O) groups is 1. The zero-order chi connectivity index (χ0) is 12.1. The first-order valence-electron chi connectivity index (χ1n) is 5.19. The summed E-state index contributed by atoms with van der Waals surface area (Å²) in [6.07, 6.45) is 6.07. The number of hydrogen-bond donors (Lipinski definition) is 1. The Morgan fingerprint density at radius 2 is 2.18 bits per heavy atom. The van der Waals surface area contributed by atoms with Crippen molar-refractivity contribution in [1.82, 2.24) is 4.90 Å². The molecule has 4 nitrogen and oxygen atoms in total. The molecule has 1 aromatic carbocycles. The first-order valence-corrected chi connectivity index (χ1v) is 6.41. The Kier molecular flexibility index (Phi) is 3.82. The van der Waals surface area contributed by atoms with Crippen molar-refractivity contribution in [3.8, 4) is 0 Å². The maximum absolute atomic E-state index is 11.1. The van der Waals surface area contributed by atoms with E-state index in [2.05, 4.69) is 10.3 Å². The summed E-state index contributed by atoms with van der Waals surface area (Å²) in [5.74, 6) is 0. The maximum atomic E-state index is 11.1. The van der Waals surface area contributed by atoms with Crippen LogP contribution in [0, 0.1) is 0 Å². The van der Waals surface area contributed by atoms with Crippen molar-refractivity contribution in [2.75, 3.05) is 11.6 Å². The van der Waals surface area contributed by atoms with Gasteiger partial charge in [0.25, 0.3) is 0 Å². The second-order valence-corrected chi connectivity index (χ2v) is 4.20. The van der Waals surface area contributed by atoms with E-state index in [4.69, 9.17) is 0 Å². The molecule has 1 atom stereocenters. The number of nitrogens with one attached hydrogen (secondary N) is 1. The third kappa shape index (κ3) is 2.68. The fraction of sp³-hybridized carbons (Fsp3) is 0.167. The lowest BCUT2D eigenvalue weighted by Gasteiger charge is -2.29. The lowest BCUT2D eigenvalue weighted by Crippen LogP contribution is -2.43. The molecule has 88 valence electrons. The first kappa shape index (κ1) is 11.7. The molecule has 2 rings (SSSR count). The van der Waals surface area contributed by atoms with Gasteiger partial charge in [0.15, 0.2) is 5.17 Å². The van der Waals surface area contributed by atoms with E-state index in [1.54, 1.807) is 11.1 Å². The highest BCUT2D eigenvalue weighted by atomic mass is 32.2. The quantitative estimate of drug-likeness (QED) is 0.832. The maximum Gasteiger partial charge on any atom is 0.217 e. The highest BCUT2D eigenvalue weighted by Gasteiger charge is 2.21. The number of anilines is 1. The fourth-order valence-electron chi connectivity index (χ4n) is 1.56. The lowest BCUT2D eigenvalue weighted by molar-refractivity contribution is -0.115. The molecule has 0 spiro atoms. The Morgan fingerprint density at radius 1 is 1.41 bits per heavy atom. The van der Waals surface area contributed by atoms with E-state index in [9.17, 15) is 4.79 Å². The summed E-state index contributed by atoms with van der Waals surface area (Å²) in [7, 11) is 0. The molecular formula is C12H13N3OS. The zero-order valence-electron chi connectivity index (χ0n) is 9.41. The summed E-state index contributed by atoms with van der Waals surface area (Å²) >= 11 is 1.45. The minimum Gasteiger partial charge on any atom is -0.361 e. The Hall–Kier alpha value is -1.75. The topological polar surface area (TPSA) is 44.7 Å². The molecular weight excluding hydrogens is 234 g/mol. The Bertz CT molecular complexity index is 444. The van der Waals surface area contributed by atoms with E-state index in [1.165, 1.54) is 11.8 Å². The lowest BCUT2D eigenvalue weighted by atomic mass is 10.3. The summed E-state index contributed by atoms with van der Waals surface area (Å²) in [5.41, 5.74) is 0.969. The second kappa shape index (κ2) is 5.54. The van der Waals surface area contributed by atoms with Gasteiger partial charge in [-0.15, -0.1) is 0 Å². The van der Waals surface area contributed by atoms with E-state index in [1.807, 2.05) is 42.7 Å². The largest absolute Gasteiger partial charge is 0.361 e. The molecule has 1 unspecified atom stereocenters. The van der Waals surface area contributed by atoms with Crippen LogP contribution in [0.2, 0.25) is 0 Å². The van der Waals surface area contributed by atoms with Crippen molar-refractivity contribution >= 4 is 29.0 Å². The van der Waals surface area contributed by atoms with E-state index < -0.39 is 0 Å². The van der Waals surface area contributed by atoms with Gasteiger partial charge in [-0.2, -0.15) is 0 Å². The number of para-hydroxylation sites is 1. The number of thioether (sulfide) groups is 1.